The second kappa shape index (κ2) is 7.87. The molecule has 7 nitrogen and oxygen atoms in total. The van der Waals surface area contributed by atoms with E-state index in [0.29, 0.717) is 22.8 Å². The number of nitrogens with one attached hydrogen (secondary N) is 2. The van der Waals surface area contributed by atoms with E-state index in [2.05, 4.69) is 10.9 Å². The van der Waals surface area contributed by atoms with Crippen molar-refractivity contribution in [2.24, 2.45) is 0 Å². The summed E-state index contributed by atoms with van der Waals surface area (Å²) in [5.74, 6) is 0.759. The summed E-state index contributed by atoms with van der Waals surface area (Å²) >= 11 is 0. The maximum atomic E-state index is 11.8. The molecule has 0 atom stereocenters. The van der Waals surface area contributed by atoms with Crippen molar-refractivity contribution < 1.29 is 23.5 Å². The fraction of sp³-hybridized carbons (Fsp3) is 0.176. The first-order valence-corrected chi connectivity index (χ1v) is 7.09. The lowest BCUT2D eigenvalue weighted by Crippen LogP contribution is -2.40. The van der Waals surface area contributed by atoms with Crippen LogP contribution in [0.5, 0.6) is 11.5 Å². The summed E-state index contributed by atoms with van der Waals surface area (Å²) in [5.41, 5.74) is 5.68. The van der Waals surface area contributed by atoms with Crippen LogP contribution in [0.3, 0.4) is 0 Å². The Hall–Kier alpha value is -3.22. The number of hydrazine groups is 1. The zero-order valence-electron chi connectivity index (χ0n) is 13.6. The lowest BCUT2D eigenvalue weighted by Gasteiger charge is -2.06. The molecule has 0 aliphatic rings. The Morgan fingerprint density at radius 2 is 1.75 bits per heavy atom. The van der Waals surface area contributed by atoms with Gasteiger partial charge in [-0.1, -0.05) is 0 Å². The maximum Gasteiger partial charge on any atom is 0.273 e. The van der Waals surface area contributed by atoms with E-state index in [4.69, 9.17) is 13.9 Å². The molecule has 24 heavy (non-hydrogen) atoms. The summed E-state index contributed by atoms with van der Waals surface area (Å²) in [7, 11) is 3.09. The van der Waals surface area contributed by atoms with Gasteiger partial charge in [-0.2, -0.15) is 0 Å². The van der Waals surface area contributed by atoms with E-state index in [0.717, 1.165) is 5.56 Å². The van der Waals surface area contributed by atoms with Gasteiger partial charge in [0.2, 0.25) is 0 Å². The first-order chi connectivity index (χ1) is 11.5. The molecular weight excluding hydrogens is 312 g/mol. The summed E-state index contributed by atoms with van der Waals surface area (Å²) in [6.45, 7) is 1.66. The molecule has 2 aromatic rings. The molecule has 0 radical (unpaired) electrons. The zero-order valence-corrected chi connectivity index (χ0v) is 13.6. The molecule has 0 saturated heterocycles. The number of aryl methyl sites for hydroxylation is 1. The predicted octanol–water partition coefficient (Wildman–Crippen LogP) is 2.08. The van der Waals surface area contributed by atoms with E-state index < -0.39 is 11.8 Å². The predicted molar refractivity (Wildman–Crippen MR) is 87.6 cm³/mol. The van der Waals surface area contributed by atoms with E-state index in [1.54, 1.807) is 45.4 Å². The van der Waals surface area contributed by atoms with Crippen LogP contribution in [0.1, 0.15) is 21.7 Å². The van der Waals surface area contributed by atoms with Crippen molar-refractivity contribution in [1.82, 2.24) is 10.9 Å². The van der Waals surface area contributed by atoms with Crippen LogP contribution in [0.2, 0.25) is 0 Å². The smallest absolute Gasteiger partial charge is 0.273 e. The second-order valence-corrected chi connectivity index (χ2v) is 4.81. The van der Waals surface area contributed by atoms with E-state index in [1.807, 2.05) is 0 Å². The van der Waals surface area contributed by atoms with Crippen LogP contribution in [0.15, 0.2) is 41.0 Å². The third-order valence-corrected chi connectivity index (χ3v) is 3.20. The molecule has 2 rings (SSSR count). The van der Waals surface area contributed by atoms with Crippen LogP contribution >= 0.6 is 0 Å². The Balaban J connectivity index is 1.96. The molecule has 0 spiro atoms. The van der Waals surface area contributed by atoms with Crippen LogP contribution in [-0.4, -0.2) is 26.0 Å². The van der Waals surface area contributed by atoms with E-state index >= 15 is 0 Å². The van der Waals surface area contributed by atoms with Crippen molar-refractivity contribution in [3.05, 3.63) is 53.5 Å². The quantitative estimate of drug-likeness (QED) is 0.647. The summed E-state index contributed by atoms with van der Waals surface area (Å²) in [6, 6.07) is 6.75. The molecule has 126 valence electrons. The number of methoxy groups -OCH3 is 2. The summed E-state index contributed by atoms with van der Waals surface area (Å²) in [4.78, 5) is 23.6. The van der Waals surface area contributed by atoms with Gasteiger partial charge in [0.25, 0.3) is 11.8 Å². The number of furan rings is 1. The molecule has 0 bridgehead atoms. The van der Waals surface area contributed by atoms with Crippen LogP contribution in [0, 0.1) is 6.92 Å². The average Bonchev–Trinajstić information content (AvgIpc) is 3.03. The minimum absolute atomic E-state index is 0.358. The Labute approximate surface area is 139 Å². The number of carbonyl (C=O) groups is 2. The first kappa shape index (κ1) is 17.1. The van der Waals surface area contributed by atoms with Gasteiger partial charge >= 0.3 is 0 Å². The monoisotopic (exact) mass is 330 g/mol. The van der Waals surface area contributed by atoms with Gasteiger partial charge in [0, 0.05) is 12.1 Å². The molecule has 1 aromatic carbocycles. The van der Waals surface area contributed by atoms with Crippen molar-refractivity contribution in [3.8, 4) is 11.5 Å². The highest BCUT2D eigenvalue weighted by atomic mass is 16.5. The minimum Gasteiger partial charge on any atom is -0.497 e. The highest BCUT2D eigenvalue weighted by Crippen LogP contribution is 2.23. The Kier molecular flexibility index (Phi) is 5.62. The van der Waals surface area contributed by atoms with Gasteiger partial charge in [-0.15, -0.1) is 0 Å². The molecule has 0 saturated carbocycles. The largest absolute Gasteiger partial charge is 0.497 e. The molecule has 0 aliphatic carbocycles. The van der Waals surface area contributed by atoms with Gasteiger partial charge in [-0.05, 0) is 36.8 Å². The Bertz CT molecular complexity index is 742. The zero-order chi connectivity index (χ0) is 17.5. The molecule has 2 N–H and O–H groups in total. The van der Waals surface area contributed by atoms with Gasteiger partial charge in [0.1, 0.15) is 17.3 Å². The van der Waals surface area contributed by atoms with E-state index in [1.165, 1.54) is 18.4 Å². The van der Waals surface area contributed by atoms with Gasteiger partial charge in [0.05, 0.1) is 26.0 Å². The molecule has 0 fully saturated rings. The van der Waals surface area contributed by atoms with Crippen molar-refractivity contribution in [2.75, 3.05) is 14.2 Å². The molecule has 2 amide bonds. The molecule has 0 unspecified atom stereocenters. The highest BCUT2D eigenvalue weighted by Gasteiger charge is 2.11. The molecular formula is C17H18N2O5. The van der Waals surface area contributed by atoms with E-state index in [-0.39, 0.29) is 0 Å². The third kappa shape index (κ3) is 4.39. The fourth-order valence-corrected chi connectivity index (χ4v) is 1.95. The van der Waals surface area contributed by atoms with Crippen molar-refractivity contribution in [1.29, 1.82) is 0 Å². The number of hydrogen-bond acceptors (Lipinski definition) is 5. The molecule has 1 aromatic heterocycles. The van der Waals surface area contributed by atoms with Crippen molar-refractivity contribution in [3.63, 3.8) is 0 Å². The lowest BCUT2D eigenvalue weighted by atomic mass is 10.2. The average molecular weight is 330 g/mol. The number of rotatable bonds is 5. The van der Waals surface area contributed by atoms with Gasteiger partial charge in [-0.25, -0.2) is 0 Å². The van der Waals surface area contributed by atoms with Crippen LogP contribution in [-0.2, 0) is 4.79 Å². The Morgan fingerprint density at radius 3 is 2.29 bits per heavy atom. The van der Waals surface area contributed by atoms with E-state index in [9.17, 15) is 9.59 Å². The third-order valence-electron chi connectivity index (χ3n) is 3.20. The molecule has 7 heteroatoms. The number of carbonyl (C=O) groups excluding carboxylic acids is 2. The Morgan fingerprint density at radius 1 is 1.08 bits per heavy atom. The normalized spacial score (nSPS) is 10.5. The minimum atomic E-state index is -0.480. The van der Waals surface area contributed by atoms with Gasteiger partial charge in [0.15, 0.2) is 0 Å². The van der Waals surface area contributed by atoms with Crippen molar-refractivity contribution >= 4 is 17.9 Å². The standard InChI is InChI=1S/C17H18N2O5/c1-11-15(6-7-24-11)17(21)19-18-16(20)5-4-12-8-13(22-2)10-14(9-12)23-3/h4-10H,1-3H3,(H,18,20)(H,19,21)/b5-4+. The highest BCUT2D eigenvalue weighted by molar-refractivity contribution is 5.98. The second-order valence-electron chi connectivity index (χ2n) is 4.81. The van der Waals surface area contributed by atoms with Gasteiger partial charge in [-0.3, -0.25) is 20.4 Å². The topological polar surface area (TPSA) is 89.8 Å². The first-order valence-electron chi connectivity index (χ1n) is 7.09. The fourth-order valence-electron chi connectivity index (χ4n) is 1.95. The summed E-state index contributed by atoms with van der Waals surface area (Å²) in [6.07, 6.45) is 4.27. The van der Waals surface area contributed by atoms with Crippen LogP contribution in [0.25, 0.3) is 6.08 Å². The lowest BCUT2D eigenvalue weighted by molar-refractivity contribution is -0.117. The maximum absolute atomic E-state index is 11.8. The van der Waals surface area contributed by atoms with Crippen LogP contribution in [0.4, 0.5) is 0 Å². The van der Waals surface area contributed by atoms with Crippen molar-refractivity contribution in [2.45, 2.75) is 6.92 Å². The number of benzene rings is 1. The SMILES string of the molecule is COc1cc(/C=C/C(=O)NNC(=O)c2ccoc2C)cc(OC)c1. The van der Waals surface area contributed by atoms with Gasteiger partial charge < -0.3 is 13.9 Å². The van der Waals surface area contributed by atoms with Crippen LogP contribution < -0.4 is 20.3 Å². The summed E-state index contributed by atoms with van der Waals surface area (Å²) in [5, 5.41) is 0. The molecule has 0 aliphatic heterocycles. The number of ether oxygens (including phenoxy) is 2. The number of hydrogen-bond donors (Lipinski definition) is 2. The summed E-state index contributed by atoms with van der Waals surface area (Å²) < 4.78 is 15.3. The number of amides is 2. The molecule has 1 heterocycles.